The van der Waals surface area contributed by atoms with Crippen LogP contribution in [0.1, 0.15) is 16.1 Å². The van der Waals surface area contributed by atoms with Crippen LogP contribution in [0, 0.1) is 0 Å². The summed E-state index contributed by atoms with van der Waals surface area (Å²) >= 11 is 0. The summed E-state index contributed by atoms with van der Waals surface area (Å²) in [7, 11) is 5.67. The van der Waals surface area contributed by atoms with Crippen LogP contribution in [0.2, 0.25) is 0 Å². The molecule has 2 aromatic rings. The highest BCUT2D eigenvalue weighted by atomic mass is 16.1. The number of anilines is 1. The molecular weight excluding hydrogens is 214 g/mol. The molecular formula is C13H15N3O. The predicted molar refractivity (Wildman–Crippen MR) is 67.4 cm³/mol. The van der Waals surface area contributed by atoms with Gasteiger partial charge in [-0.05, 0) is 24.3 Å². The van der Waals surface area contributed by atoms with Crippen LogP contribution in [0.4, 0.5) is 5.82 Å². The molecule has 0 spiro atoms. The van der Waals surface area contributed by atoms with Crippen molar-refractivity contribution in [1.82, 2.24) is 9.55 Å². The highest BCUT2D eigenvalue weighted by molar-refractivity contribution is 6.08. The number of ketones is 1. The number of carbonyl (C=O) groups is 1. The topological polar surface area (TPSA) is 38.1 Å². The highest BCUT2D eigenvalue weighted by Gasteiger charge is 2.12. The molecule has 4 heteroatoms. The smallest absolute Gasteiger partial charge is 0.209 e. The van der Waals surface area contributed by atoms with E-state index >= 15 is 0 Å². The minimum absolute atomic E-state index is 0.0167. The molecule has 2 heterocycles. The van der Waals surface area contributed by atoms with Crippen molar-refractivity contribution < 1.29 is 4.79 Å². The first-order valence-electron chi connectivity index (χ1n) is 5.39. The van der Waals surface area contributed by atoms with Crippen molar-refractivity contribution in [2.24, 2.45) is 7.05 Å². The fourth-order valence-corrected chi connectivity index (χ4v) is 1.65. The Hall–Kier alpha value is -2.10. The largest absolute Gasteiger partial charge is 0.363 e. The van der Waals surface area contributed by atoms with Crippen molar-refractivity contribution in [3.05, 3.63) is 47.9 Å². The molecule has 88 valence electrons. The number of hydrogen-bond donors (Lipinski definition) is 0. The van der Waals surface area contributed by atoms with E-state index in [4.69, 9.17) is 0 Å². The van der Waals surface area contributed by atoms with Crippen molar-refractivity contribution in [3.63, 3.8) is 0 Å². The summed E-state index contributed by atoms with van der Waals surface area (Å²) in [6, 6.07) is 7.22. The summed E-state index contributed by atoms with van der Waals surface area (Å²) < 4.78 is 1.82. The number of hydrogen-bond acceptors (Lipinski definition) is 3. The van der Waals surface area contributed by atoms with Gasteiger partial charge in [-0.1, -0.05) is 0 Å². The molecule has 0 aliphatic carbocycles. The van der Waals surface area contributed by atoms with E-state index in [1.165, 1.54) is 0 Å². The molecule has 0 saturated heterocycles. The van der Waals surface area contributed by atoms with E-state index in [0.717, 1.165) is 5.82 Å². The van der Waals surface area contributed by atoms with E-state index < -0.39 is 0 Å². The molecule has 0 N–H and O–H groups in total. The summed E-state index contributed by atoms with van der Waals surface area (Å²) in [5, 5.41) is 0. The van der Waals surface area contributed by atoms with Crippen molar-refractivity contribution >= 4 is 11.6 Å². The average molecular weight is 229 g/mol. The molecule has 2 aromatic heterocycles. The SMILES string of the molecule is CN(C)c1cc(C(=O)c2cccn2C)ccn1. The zero-order chi connectivity index (χ0) is 12.4. The van der Waals surface area contributed by atoms with Gasteiger partial charge < -0.3 is 9.47 Å². The lowest BCUT2D eigenvalue weighted by molar-refractivity contribution is 0.103. The minimum atomic E-state index is 0.0167. The van der Waals surface area contributed by atoms with Crippen LogP contribution in [-0.4, -0.2) is 29.4 Å². The van der Waals surface area contributed by atoms with Crippen molar-refractivity contribution in [2.45, 2.75) is 0 Å². The lowest BCUT2D eigenvalue weighted by atomic mass is 10.1. The van der Waals surface area contributed by atoms with Gasteiger partial charge in [0.05, 0.1) is 5.69 Å². The number of carbonyl (C=O) groups excluding carboxylic acids is 1. The maximum absolute atomic E-state index is 12.2. The summed E-state index contributed by atoms with van der Waals surface area (Å²) in [5.41, 5.74) is 1.34. The van der Waals surface area contributed by atoms with E-state index in [2.05, 4.69) is 4.98 Å². The number of nitrogens with zero attached hydrogens (tertiary/aromatic N) is 3. The van der Waals surface area contributed by atoms with Crippen LogP contribution < -0.4 is 4.90 Å². The van der Waals surface area contributed by atoms with E-state index in [1.54, 1.807) is 18.3 Å². The molecule has 0 atom stereocenters. The first kappa shape index (κ1) is 11.4. The second-order valence-corrected chi connectivity index (χ2v) is 4.13. The summed E-state index contributed by atoms with van der Waals surface area (Å²) in [5.74, 6) is 0.799. The lowest BCUT2D eigenvalue weighted by Crippen LogP contribution is -2.12. The molecule has 17 heavy (non-hydrogen) atoms. The van der Waals surface area contributed by atoms with Gasteiger partial charge in [0, 0.05) is 39.1 Å². The van der Waals surface area contributed by atoms with Gasteiger partial charge in [0.25, 0.3) is 0 Å². The molecule has 0 aromatic carbocycles. The summed E-state index contributed by atoms with van der Waals surface area (Å²) in [6.45, 7) is 0. The van der Waals surface area contributed by atoms with Crippen LogP contribution in [0.3, 0.4) is 0 Å². The Balaban J connectivity index is 2.38. The quantitative estimate of drug-likeness (QED) is 0.752. The van der Waals surface area contributed by atoms with Crippen LogP contribution >= 0.6 is 0 Å². The van der Waals surface area contributed by atoms with Crippen molar-refractivity contribution in [2.75, 3.05) is 19.0 Å². The third-order valence-electron chi connectivity index (χ3n) is 2.64. The van der Waals surface area contributed by atoms with Crippen LogP contribution in [0.5, 0.6) is 0 Å². The van der Waals surface area contributed by atoms with Crippen LogP contribution in [0.15, 0.2) is 36.7 Å². The van der Waals surface area contributed by atoms with Gasteiger partial charge in [0.15, 0.2) is 0 Å². The maximum atomic E-state index is 12.2. The molecule has 4 nitrogen and oxygen atoms in total. The molecule has 0 amide bonds. The molecule has 2 rings (SSSR count). The Labute approximate surface area is 101 Å². The van der Waals surface area contributed by atoms with E-state index in [-0.39, 0.29) is 5.78 Å². The zero-order valence-corrected chi connectivity index (χ0v) is 10.2. The number of aryl methyl sites for hydroxylation is 1. The van der Waals surface area contributed by atoms with Gasteiger partial charge in [-0.25, -0.2) is 4.98 Å². The van der Waals surface area contributed by atoms with Crippen molar-refractivity contribution in [1.29, 1.82) is 0 Å². The van der Waals surface area contributed by atoms with Gasteiger partial charge >= 0.3 is 0 Å². The molecule has 0 unspecified atom stereocenters. The second kappa shape index (κ2) is 4.41. The highest BCUT2D eigenvalue weighted by Crippen LogP contribution is 2.14. The summed E-state index contributed by atoms with van der Waals surface area (Å²) in [4.78, 5) is 18.3. The molecule has 0 aliphatic rings. The Morgan fingerprint density at radius 1 is 1.35 bits per heavy atom. The average Bonchev–Trinajstić information content (AvgIpc) is 2.74. The number of rotatable bonds is 3. The standard InChI is InChI=1S/C13H15N3O/c1-15(2)12-9-10(6-7-14-12)13(17)11-5-4-8-16(11)3/h4-9H,1-3H3. The minimum Gasteiger partial charge on any atom is -0.363 e. The van der Waals surface area contributed by atoms with Crippen LogP contribution in [-0.2, 0) is 7.05 Å². The van der Waals surface area contributed by atoms with E-state index in [9.17, 15) is 4.79 Å². The van der Waals surface area contributed by atoms with Gasteiger partial charge in [-0.15, -0.1) is 0 Å². The monoisotopic (exact) mass is 229 g/mol. The molecule has 0 saturated carbocycles. The number of pyridine rings is 1. The molecule has 0 bridgehead atoms. The van der Waals surface area contributed by atoms with Gasteiger partial charge in [0.2, 0.25) is 5.78 Å². The zero-order valence-electron chi connectivity index (χ0n) is 10.2. The van der Waals surface area contributed by atoms with E-state index in [0.29, 0.717) is 11.3 Å². The van der Waals surface area contributed by atoms with Gasteiger partial charge in [-0.2, -0.15) is 0 Å². The normalized spacial score (nSPS) is 10.3. The number of aromatic nitrogens is 2. The predicted octanol–water partition coefficient (Wildman–Crippen LogP) is 1.72. The van der Waals surface area contributed by atoms with Gasteiger partial charge in [-0.3, -0.25) is 4.79 Å². The Bertz CT molecular complexity index is 543. The van der Waals surface area contributed by atoms with Crippen LogP contribution in [0.25, 0.3) is 0 Å². The van der Waals surface area contributed by atoms with Crippen molar-refractivity contribution in [3.8, 4) is 0 Å². The fourth-order valence-electron chi connectivity index (χ4n) is 1.65. The third kappa shape index (κ3) is 2.20. The molecule has 0 fully saturated rings. The first-order chi connectivity index (χ1) is 8.09. The summed E-state index contributed by atoms with van der Waals surface area (Å²) in [6.07, 6.45) is 3.52. The molecule has 0 aliphatic heterocycles. The second-order valence-electron chi connectivity index (χ2n) is 4.13. The Morgan fingerprint density at radius 2 is 2.12 bits per heavy atom. The molecule has 0 radical (unpaired) electrons. The first-order valence-corrected chi connectivity index (χ1v) is 5.39. The Kier molecular flexibility index (Phi) is 2.95. The third-order valence-corrected chi connectivity index (χ3v) is 2.64. The van der Waals surface area contributed by atoms with Gasteiger partial charge in [0.1, 0.15) is 5.82 Å². The Morgan fingerprint density at radius 3 is 2.71 bits per heavy atom. The fraction of sp³-hybridized carbons (Fsp3) is 0.231. The van der Waals surface area contributed by atoms with E-state index in [1.807, 2.05) is 48.9 Å². The lowest BCUT2D eigenvalue weighted by Gasteiger charge is -2.11. The maximum Gasteiger partial charge on any atom is 0.209 e.